The highest BCUT2D eigenvalue weighted by Crippen LogP contribution is 2.58. The Morgan fingerprint density at radius 1 is 0.364 bits per heavy atom. The molecule has 0 aromatic heterocycles. The fourth-order valence-electron chi connectivity index (χ4n) is 6.16. The number of halogens is 20. The summed E-state index contributed by atoms with van der Waals surface area (Å²) in [5.74, 6) is -67.0. The second-order valence-electron chi connectivity index (χ2n) is 11.0. The van der Waals surface area contributed by atoms with Crippen LogP contribution in [0.5, 0.6) is 0 Å². The number of hydrogen-bond acceptors (Lipinski definition) is 3. The molecule has 0 radical (unpaired) electrons. The van der Waals surface area contributed by atoms with Gasteiger partial charge in [0, 0.05) is 22.3 Å². The van der Waals surface area contributed by atoms with Gasteiger partial charge in [-0.05, 0) is 4.78 Å². The van der Waals surface area contributed by atoms with Crippen molar-refractivity contribution in [2.24, 2.45) is 0 Å². The Bertz CT molecular complexity index is 1890. The van der Waals surface area contributed by atoms with E-state index < -0.39 is 181 Å². The third-order valence-corrected chi connectivity index (χ3v) is 12.2. The van der Waals surface area contributed by atoms with E-state index in [-0.39, 0.29) is 0 Å². The SMILES string of the molecule is C[CH2][Al]([CH2]C)[CH](c1c(F)c(F)c(F)c(F)c1F)C(c1c(F)c(F)c(F)c(F)c1F)(c1c(F)c(F)c(F)c(F)c1F)c1c(F)c(F)c(F)c(F)c1F.OB(O)O. The molecule has 4 aromatic rings. The third kappa shape index (κ3) is 7.02. The Balaban J connectivity index is 0.00000193. The van der Waals surface area contributed by atoms with Crippen LogP contribution in [0.15, 0.2) is 0 Å². The van der Waals surface area contributed by atoms with Gasteiger partial charge in [0.05, 0.1) is 5.41 Å². The van der Waals surface area contributed by atoms with Gasteiger partial charge in [0.25, 0.3) is 14.1 Å². The fraction of sp³-hybridized carbons (Fsp3) is 0.200. The van der Waals surface area contributed by atoms with Crippen LogP contribution < -0.4 is 0 Å². The minimum absolute atomic E-state index is 0.833. The van der Waals surface area contributed by atoms with Crippen molar-refractivity contribution in [1.29, 1.82) is 0 Å². The summed E-state index contributed by atoms with van der Waals surface area (Å²) in [5.41, 5.74) is -18.0. The minimum atomic E-state index is -5.52. The van der Waals surface area contributed by atoms with Crippen molar-refractivity contribution in [2.75, 3.05) is 0 Å². The van der Waals surface area contributed by atoms with E-state index in [0.717, 1.165) is 13.8 Å². The lowest BCUT2D eigenvalue weighted by Gasteiger charge is -2.45. The fourth-order valence-corrected chi connectivity index (χ4v) is 9.65. The van der Waals surface area contributed by atoms with Crippen LogP contribution in [0.1, 0.15) is 40.9 Å². The first-order valence-corrected chi connectivity index (χ1v) is 16.7. The van der Waals surface area contributed by atoms with Crippen LogP contribution in [0.25, 0.3) is 0 Å². The first kappa shape index (κ1) is 45.3. The molecular weight excluding hydrogens is 826 g/mol. The highest BCUT2D eigenvalue weighted by molar-refractivity contribution is 6.61. The molecule has 298 valence electrons. The molecule has 3 nitrogen and oxygen atoms in total. The largest absolute Gasteiger partial charge is 0.631 e. The van der Waals surface area contributed by atoms with Crippen molar-refractivity contribution >= 4 is 21.5 Å². The lowest BCUT2D eigenvalue weighted by Crippen LogP contribution is -2.49. The lowest BCUT2D eigenvalue weighted by atomic mass is 9.63. The third-order valence-electron chi connectivity index (χ3n) is 8.35. The van der Waals surface area contributed by atoms with Gasteiger partial charge in [-0.1, -0.05) is 24.4 Å². The van der Waals surface area contributed by atoms with Gasteiger partial charge in [0.2, 0.25) is 23.3 Å². The molecule has 0 aliphatic heterocycles. The molecule has 0 heterocycles. The van der Waals surface area contributed by atoms with E-state index in [1.54, 1.807) is 0 Å². The van der Waals surface area contributed by atoms with Crippen LogP contribution in [-0.4, -0.2) is 36.5 Å². The van der Waals surface area contributed by atoms with E-state index in [1.165, 1.54) is 0 Å². The molecule has 0 saturated carbocycles. The number of benzene rings is 4. The summed E-state index contributed by atoms with van der Waals surface area (Å²) in [6.45, 7) is 1.67. The summed E-state index contributed by atoms with van der Waals surface area (Å²) in [7, 11) is -2.17. The molecule has 0 saturated heterocycles. The molecule has 3 N–H and O–H groups in total. The van der Waals surface area contributed by atoms with E-state index in [1.807, 2.05) is 0 Å². The smallest absolute Gasteiger partial charge is 0.402 e. The molecule has 25 heteroatoms. The van der Waals surface area contributed by atoms with Crippen molar-refractivity contribution in [3.8, 4) is 0 Å². The molecule has 0 aliphatic carbocycles. The Morgan fingerprint density at radius 3 is 0.709 bits per heavy atom. The average molecular weight is 840 g/mol. The average Bonchev–Trinajstić information content (AvgIpc) is 3.14. The summed E-state index contributed by atoms with van der Waals surface area (Å²) < 4.78 is 300. The van der Waals surface area contributed by atoms with Gasteiger partial charge < -0.3 is 15.1 Å². The highest BCUT2D eigenvalue weighted by atomic mass is 27.2. The standard InChI is InChI=1S/C26HF20.2C2H5.Al.BH3O3/c27-6-2(7(28)15(36)22(43)14(6)35)1-26(3-8(29)16(37)23(44)17(38)9(3)30,4-10(31)18(39)24(45)19(40)11(4)32)5-12(33)20(41)25(46)21(42)13(5)34;2*1-2;;2-1(3)4/h1H;2*1H2,2H3;;2-4H. The van der Waals surface area contributed by atoms with Gasteiger partial charge in [0.15, 0.2) is 93.1 Å². The molecule has 0 aliphatic rings. The second kappa shape index (κ2) is 16.6. The molecule has 0 bridgehead atoms. The Labute approximate surface area is 297 Å². The molecule has 1 unspecified atom stereocenters. The maximum absolute atomic E-state index is 16.0. The molecule has 0 fully saturated rings. The summed E-state index contributed by atoms with van der Waals surface area (Å²) in [5, 5.41) is 19.6. The quantitative estimate of drug-likeness (QED) is 0.0548. The zero-order valence-corrected chi connectivity index (χ0v) is 27.7. The van der Waals surface area contributed by atoms with Crippen LogP contribution in [0.2, 0.25) is 10.6 Å². The Morgan fingerprint density at radius 2 is 0.527 bits per heavy atom. The minimum Gasteiger partial charge on any atom is -0.402 e. The van der Waals surface area contributed by atoms with Gasteiger partial charge in [-0.15, -0.1) is 0 Å². The lowest BCUT2D eigenvalue weighted by molar-refractivity contribution is 0.278. The Kier molecular flexibility index (Phi) is 13.7. The van der Waals surface area contributed by atoms with Crippen LogP contribution in [0.4, 0.5) is 87.8 Å². The van der Waals surface area contributed by atoms with Crippen LogP contribution in [0.3, 0.4) is 0 Å². The molecule has 4 aromatic carbocycles. The highest BCUT2D eigenvalue weighted by Gasteiger charge is 2.61. The van der Waals surface area contributed by atoms with E-state index in [0.29, 0.717) is 0 Å². The van der Waals surface area contributed by atoms with E-state index in [2.05, 4.69) is 0 Å². The zero-order valence-electron chi connectivity index (χ0n) is 26.5. The van der Waals surface area contributed by atoms with Gasteiger partial charge in [-0.2, -0.15) is 0 Å². The van der Waals surface area contributed by atoms with Crippen molar-refractivity contribution in [3.05, 3.63) is 139 Å². The maximum Gasteiger partial charge on any atom is 0.631 e. The summed E-state index contributed by atoms with van der Waals surface area (Å²) in [6.07, 6.45) is 0. The van der Waals surface area contributed by atoms with Gasteiger partial charge in [-0.3, -0.25) is 0 Å². The van der Waals surface area contributed by atoms with Crippen molar-refractivity contribution in [2.45, 2.75) is 34.6 Å². The first-order valence-electron chi connectivity index (χ1n) is 14.4. The van der Waals surface area contributed by atoms with Gasteiger partial charge in [0.1, 0.15) is 0 Å². The normalized spacial score (nSPS) is 12.2. The summed E-state index contributed by atoms with van der Waals surface area (Å²) in [6, 6.07) is 0. The molecular formula is C30H14AlBF20O3. The van der Waals surface area contributed by atoms with Crippen LogP contribution in [-0.2, 0) is 5.41 Å². The van der Waals surface area contributed by atoms with Gasteiger partial charge in [-0.25, -0.2) is 87.8 Å². The van der Waals surface area contributed by atoms with E-state index in [4.69, 9.17) is 15.1 Å². The van der Waals surface area contributed by atoms with Crippen molar-refractivity contribution in [1.82, 2.24) is 0 Å². The number of hydrogen-bond donors (Lipinski definition) is 3. The topological polar surface area (TPSA) is 60.7 Å². The van der Waals surface area contributed by atoms with Gasteiger partial charge >= 0.3 is 7.32 Å². The number of rotatable bonds is 8. The Hall–Kier alpha value is -4.04. The molecule has 0 amide bonds. The van der Waals surface area contributed by atoms with Crippen molar-refractivity contribution < 1.29 is 103 Å². The zero-order chi connectivity index (χ0) is 42.5. The molecule has 0 spiro atoms. The molecule has 55 heavy (non-hydrogen) atoms. The van der Waals surface area contributed by atoms with E-state index >= 15 is 35.1 Å². The predicted molar refractivity (Wildman–Crippen MR) is 147 cm³/mol. The first-order chi connectivity index (χ1) is 25.3. The van der Waals surface area contributed by atoms with E-state index in [9.17, 15) is 52.7 Å². The maximum atomic E-state index is 16.0. The summed E-state index contributed by atoms with van der Waals surface area (Å²) >= 11 is -4.49. The van der Waals surface area contributed by atoms with Crippen LogP contribution >= 0.6 is 0 Å². The second-order valence-corrected chi connectivity index (χ2v) is 14.8. The summed E-state index contributed by atoms with van der Waals surface area (Å²) in [4.78, 5) is 0. The van der Waals surface area contributed by atoms with Crippen LogP contribution in [0, 0.1) is 116 Å². The predicted octanol–water partition coefficient (Wildman–Crippen LogP) is 8.61. The monoisotopic (exact) mass is 840 g/mol. The molecule has 1 atom stereocenters. The molecule has 4 rings (SSSR count). The van der Waals surface area contributed by atoms with Crippen molar-refractivity contribution in [3.63, 3.8) is 0 Å².